The third kappa shape index (κ3) is 2.70. The molecule has 1 aliphatic carbocycles. The molecular formula is C11H20N4. The summed E-state index contributed by atoms with van der Waals surface area (Å²) in [4.78, 5) is 3.94. The monoisotopic (exact) mass is 208 g/mol. The van der Waals surface area contributed by atoms with Gasteiger partial charge in [-0.1, -0.05) is 13.8 Å². The van der Waals surface area contributed by atoms with Crippen molar-refractivity contribution in [1.29, 1.82) is 0 Å². The molecule has 0 bridgehead atoms. The van der Waals surface area contributed by atoms with Crippen molar-refractivity contribution in [2.75, 3.05) is 5.73 Å². The number of hydrogen-bond acceptors (Lipinski definition) is 3. The fourth-order valence-corrected chi connectivity index (χ4v) is 2.30. The molecule has 84 valence electrons. The van der Waals surface area contributed by atoms with Gasteiger partial charge in [-0.3, -0.25) is 4.68 Å². The average molecular weight is 208 g/mol. The number of rotatable bonds is 2. The van der Waals surface area contributed by atoms with Gasteiger partial charge < -0.3 is 5.73 Å². The van der Waals surface area contributed by atoms with Gasteiger partial charge in [0.05, 0.1) is 0 Å². The Morgan fingerprint density at radius 3 is 2.67 bits per heavy atom. The zero-order valence-corrected chi connectivity index (χ0v) is 9.61. The molecule has 0 atom stereocenters. The van der Waals surface area contributed by atoms with Crippen molar-refractivity contribution in [3.05, 3.63) is 6.33 Å². The Morgan fingerprint density at radius 1 is 1.47 bits per heavy atom. The fraction of sp³-hybridized carbons (Fsp3) is 0.818. The quantitative estimate of drug-likeness (QED) is 0.809. The summed E-state index contributed by atoms with van der Waals surface area (Å²) in [6.45, 7) is 5.69. The first-order valence-corrected chi connectivity index (χ1v) is 5.70. The van der Waals surface area contributed by atoms with Gasteiger partial charge >= 0.3 is 0 Å². The van der Waals surface area contributed by atoms with E-state index in [1.165, 1.54) is 25.7 Å². The van der Waals surface area contributed by atoms with Crippen molar-refractivity contribution in [1.82, 2.24) is 14.8 Å². The predicted octanol–water partition coefficient (Wildman–Crippen LogP) is 2.08. The van der Waals surface area contributed by atoms with Crippen molar-refractivity contribution in [2.45, 2.75) is 46.1 Å². The van der Waals surface area contributed by atoms with Crippen molar-refractivity contribution in [2.24, 2.45) is 11.3 Å². The highest BCUT2D eigenvalue weighted by molar-refractivity contribution is 5.09. The maximum atomic E-state index is 5.48. The normalized spacial score (nSPS) is 21.7. The Bertz CT molecular complexity index is 319. The Kier molecular flexibility index (Phi) is 2.67. The minimum atomic E-state index is 0.381. The van der Waals surface area contributed by atoms with Crippen LogP contribution in [0.25, 0.3) is 0 Å². The number of nitrogens with two attached hydrogens (primary N) is 1. The van der Waals surface area contributed by atoms with Crippen LogP contribution in [0.1, 0.15) is 39.5 Å². The average Bonchev–Trinajstić information content (AvgIpc) is 2.55. The molecule has 15 heavy (non-hydrogen) atoms. The fourth-order valence-electron chi connectivity index (χ4n) is 2.30. The highest BCUT2D eigenvalue weighted by Gasteiger charge is 2.26. The maximum absolute atomic E-state index is 5.48. The molecule has 0 unspecified atom stereocenters. The summed E-state index contributed by atoms with van der Waals surface area (Å²) >= 11 is 0. The smallest absolute Gasteiger partial charge is 0.239 e. The lowest BCUT2D eigenvalue weighted by molar-refractivity contribution is 0.176. The van der Waals surface area contributed by atoms with Gasteiger partial charge in [0.25, 0.3) is 0 Å². The van der Waals surface area contributed by atoms with Crippen LogP contribution < -0.4 is 5.73 Å². The van der Waals surface area contributed by atoms with E-state index < -0.39 is 0 Å². The minimum Gasteiger partial charge on any atom is -0.367 e. The van der Waals surface area contributed by atoms with Crippen molar-refractivity contribution in [3.63, 3.8) is 0 Å². The van der Waals surface area contributed by atoms with Crippen LogP contribution in [0.15, 0.2) is 6.33 Å². The molecule has 0 saturated heterocycles. The summed E-state index contributed by atoms with van der Waals surface area (Å²) in [5.74, 6) is 1.13. The van der Waals surface area contributed by atoms with Crippen molar-refractivity contribution >= 4 is 5.95 Å². The van der Waals surface area contributed by atoms with Crippen LogP contribution in [0.4, 0.5) is 5.95 Å². The highest BCUT2D eigenvalue weighted by atomic mass is 15.4. The predicted molar refractivity (Wildman–Crippen MR) is 60.2 cm³/mol. The van der Waals surface area contributed by atoms with E-state index in [0.29, 0.717) is 11.4 Å². The summed E-state index contributed by atoms with van der Waals surface area (Å²) in [6.07, 6.45) is 6.97. The lowest BCUT2D eigenvalue weighted by Crippen LogP contribution is -2.24. The summed E-state index contributed by atoms with van der Waals surface area (Å²) in [7, 11) is 0. The third-order valence-corrected chi connectivity index (χ3v) is 3.46. The maximum Gasteiger partial charge on any atom is 0.239 e. The van der Waals surface area contributed by atoms with Crippen LogP contribution in [-0.4, -0.2) is 14.8 Å². The lowest BCUT2D eigenvalue weighted by Gasteiger charge is -2.34. The van der Waals surface area contributed by atoms with E-state index in [0.717, 1.165) is 12.5 Å². The van der Waals surface area contributed by atoms with Crippen LogP contribution in [0.5, 0.6) is 0 Å². The minimum absolute atomic E-state index is 0.381. The molecule has 2 N–H and O–H groups in total. The molecular weight excluding hydrogens is 188 g/mol. The van der Waals surface area contributed by atoms with E-state index in [1.54, 1.807) is 6.33 Å². The molecule has 1 aromatic rings. The highest BCUT2D eigenvalue weighted by Crippen LogP contribution is 2.38. The molecule has 0 aromatic carbocycles. The van der Waals surface area contributed by atoms with Gasteiger partial charge in [0.1, 0.15) is 6.33 Å². The van der Waals surface area contributed by atoms with Gasteiger partial charge in [0.2, 0.25) is 5.95 Å². The van der Waals surface area contributed by atoms with Gasteiger partial charge in [-0.2, -0.15) is 0 Å². The summed E-state index contributed by atoms with van der Waals surface area (Å²) < 4.78 is 1.87. The molecule has 0 amide bonds. The second-order valence-corrected chi connectivity index (χ2v) is 5.43. The van der Waals surface area contributed by atoms with E-state index in [4.69, 9.17) is 5.73 Å². The first-order valence-electron chi connectivity index (χ1n) is 5.70. The summed E-state index contributed by atoms with van der Waals surface area (Å²) in [6, 6.07) is 0. The topological polar surface area (TPSA) is 56.7 Å². The van der Waals surface area contributed by atoms with Crippen LogP contribution in [-0.2, 0) is 6.54 Å². The Morgan fingerprint density at radius 2 is 2.13 bits per heavy atom. The Balaban J connectivity index is 1.87. The lowest BCUT2D eigenvalue weighted by atomic mass is 9.73. The first kappa shape index (κ1) is 10.5. The second-order valence-electron chi connectivity index (χ2n) is 5.43. The number of nitrogens with zero attached hydrogens (tertiary/aromatic N) is 3. The molecule has 4 nitrogen and oxygen atoms in total. The second kappa shape index (κ2) is 3.83. The molecule has 1 aliphatic rings. The van der Waals surface area contributed by atoms with Crippen LogP contribution in [0.2, 0.25) is 0 Å². The molecule has 0 aliphatic heterocycles. The van der Waals surface area contributed by atoms with E-state index >= 15 is 0 Å². The zero-order valence-electron chi connectivity index (χ0n) is 9.61. The number of hydrogen-bond donors (Lipinski definition) is 1. The SMILES string of the molecule is CC1(C)CCC(Cn2cnc(N)n2)CC1. The van der Waals surface area contributed by atoms with E-state index in [-0.39, 0.29) is 0 Å². The zero-order chi connectivity index (χ0) is 10.9. The molecule has 4 heteroatoms. The van der Waals surface area contributed by atoms with Crippen LogP contribution in [0, 0.1) is 11.3 Å². The molecule has 0 radical (unpaired) electrons. The molecule has 1 heterocycles. The van der Waals surface area contributed by atoms with Crippen molar-refractivity contribution in [3.8, 4) is 0 Å². The van der Waals surface area contributed by atoms with Gasteiger partial charge in [-0.05, 0) is 37.0 Å². The van der Waals surface area contributed by atoms with Gasteiger partial charge in [-0.25, -0.2) is 4.98 Å². The standard InChI is InChI=1S/C11H20N4/c1-11(2)5-3-9(4-6-11)7-15-8-13-10(12)14-15/h8-9H,3-7H2,1-2H3,(H2,12,14). The Labute approximate surface area is 90.9 Å². The molecule has 0 spiro atoms. The molecule has 2 rings (SSSR count). The Hall–Kier alpha value is -1.06. The molecule has 1 aromatic heterocycles. The largest absolute Gasteiger partial charge is 0.367 e. The van der Waals surface area contributed by atoms with Crippen LogP contribution in [0.3, 0.4) is 0 Å². The molecule has 1 saturated carbocycles. The number of aromatic nitrogens is 3. The number of nitrogen functional groups attached to an aromatic ring is 1. The van der Waals surface area contributed by atoms with Crippen molar-refractivity contribution < 1.29 is 0 Å². The van der Waals surface area contributed by atoms with E-state index in [9.17, 15) is 0 Å². The van der Waals surface area contributed by atoms with Gasteiger partial charge in [0, 0.05) is 6.54 Å². The van der Waals surface area contributed by atoms with E-state index in [2.05, 4.69) is 23.9 Å². The summed E-state index contributed by atoms with van der Waals surface area (Å²) in [5, 5.41) is 4.12. The number of anilines is 1. The summed E-state index contributed by atoms with van der Waals surface area (Å²) in [5.41, 5.74) is 6.02. The van der Waals surface area contributed by atoms with Gasteiger partial charge in [-0.15, -0.1) is 5.10 Å². The third-order valence-electron chi connectivity index (χ3n) is 3.46. The van der Waals surface area contributed by atoms with Crippen LogP contribution >= 0.6 is 0 Å². The first-order chi connectivity index (χ1) is 7.05. The molecule has 1 fully saturated rings. The van der Waals surface area contributed by atoms with E-state index in [1.807, 2.05) is 4.68 Å². The van der Waals surface area contributed by atoms with Gasteiger partial charge in [0.15, 0.2) is 0 Å².